The summed E-state index contributed by atoms with van der Waals surface area (Å²) in [5.74, 6) is 0.763. The van der Waals surface area contributed by atoms with Gasteiger partial charge < -0.3 is 0 Å². The van der Waals surface area contributed by atoms with E-state index < -0.39 is 0 Å². The van der Waals surface area contributed by atoms with E-state index in [1.54, 1.807) is 0 Å². The second kappa shape index (κ2) is 2.38. The van der Waals surface area contributed by atoms with Crippen LogP contribution in [-0.4, -0.2) is 10.2 Å². The third-order valence-corrected chi connectivity index (χ3v) is 2.52. The molecule has 0 radical (unpaired) electrons. The molecule has 0 amide bonds. The largest absolute Gasteiger partial charge is 0.281 e. The third-order valence-electron chi connectivity index (χ3n) is 2.11. The van der Waals surface area contributed by atoms with Crippen LogP contribution in [0.25, 0.3) is 0 Å². The predicted molar refractivity (Wildman–Crippen MR) is 42.9 cm³/mol. The van der Waals surface area contributed by atoms with Gasteiger partial charge in [-0.05, 0) is 34.8 Å². The lowest BCUT2D eigenvalue weighted by atomic mass is 9.83. The zero-order chi connectivity index (χ0) is 6.97. The van der Waals surface area contributed by atoms with E-state index in [2.05, 4.69) is 32.2 Å². The van der Waals surface area contributed by atoms with Gasteiger partial charge in [-0.25, -0.2) is 0 Å². The first-order chi connectivity index (χ1) is 4.86. The molecule has 1 heterocycles. The Balaban J connectivity index is 2.17. The van der Waals surface area contributed by atoms with Crippen molar-refractivity contribution in [1.29, 1.82) is 0 Å². The van der Waals surface area contributed by atoms with Gasteiger partial charge in [-0.2, -0.15) is 5.10 Å². The zero-order valence-corrected chi connectivity index (χ0v) is 7.19. The summed E-state index contributed by atoms with van der Waals surface area (Å²) in [5, 5.41) is 7.02. The molecule has 0 aliphatic heterocycles. The van der Waals surface area contributed by atoms with Crippen LogP contribution in [0.15, 0.2) is 10.7 Å². The molecule has 1 aromatic heterocycles. The number of nitrogens with zero attached hydrogens (tertiary/aromatic N) is 1. The molecule has 0 spiro atoms. The molecule has 3 heteroatoms. The number of nitrogens with one attached hydrogen (secondary N) is 1. The van der Waals surface area contributed by atoms with Crippen LogP contribution in [0.1, 0.15) is 30.9 Å². The smallest absolute Gasteiger partial charge is 0.128 e. The molecule has 0 atom stereocenters. The summed E-state index contributed by atoms with van der Waals surface area (Å²) in [5.41, 5.74) is 1.29. The molecule has 0 aromatic carbocycles. The SMILES string of the molecule is Brc1cc(C2CCC2)[nH]n1. The van der Waals surface area contributed by atoms with Crippen LogP contribution in [0.4, 0.5) is 0 Å². The molecule has 2 rings (SSSR count). The van der Waals surface area contributed by atoms with Crippen molar-refractivity contribution in [1.82, 2.24) is 10.2 Å². The van der Waals surface area contributed by atoms with Gasteiger partial charge in [-0.15, -0.1) is 0 Å². The first-order valence-electron chi connectivity index (χ1n) is 3.57. The molecule has 1 aliphatic carbocycles. The normalized spacial score (nSPS) is 18.9. The highest BCUT2D eigenvalue weighted by Crippen LogP contribution is 2.35. The molecular weight excluding hydrogens is 192 g/mol. The molecular formula is C7H9BrN2. The maximum Gasteiger partial charge on any atom is 0.128 e. The molecule has 0 saturated heterocycles. The minimum atomic E-state index is 0.763. The molecule has 10 heavy (non-hydrogen) atoms. The van der Waals surface area contributed by atoms with E-state index in [1.807, 2.05) is 0 Å². The van der Waals surface area contributed by atoms with Crippen LogP contribution in [0.2, 0.25) is 0 Å². The summed E-state index contributed by atoms with van der Waals surface area (Å²) in [6.07, 6.45) is 4.03. The van der Waals surface area contributed by atoms with Gasteiger partial charge in [0.15, 0.2) is 0 Å². The molecule has 0 unspecified atom stereocenters. The predicted octanol–water partition coefficient (Wildman–Crippen LogP) is 2.44. The fourth-order valence-electron chi connectivity index (χ4n) is 1.24. The maximum absolute atomic E-state index is 4.01. The number of rotatable bonds is 1. The van der Waals surface area contributed by atoms with E-state index in [0.29, 0.717) is 0 Å². The zero-order valence-electron chi connectivity index (χ0n) is 5.60. The minimum absolute atomic E-state index is 0.763. The average molecular weight is 201 g/mol. The quantitative estimate of drug-likeness (QED) is 0.742. The molecule has 1 aromatic rings. The van der Waals surface area contributed by atoms with Crippen molar-refractivity contribution in [3.8, 4) is 0 Å². The minimum Gasteiger partial charge on any atom is -0.281 e. The Morgan fingerprint density at radius 1 is 1.60 bits per heavy atom. The molecule has 1 fully saturated rings. The van der Waals surface area contributed by atoms with Crippen LogP contribution in [0.5, 0.6) is 0 Å². The molecule has 1 saturated carbocycles. The van der Waals surface area contributed by atoms with E-state index in [9.17, 15) is 0 Å². The fourth-order valence-corrected chi connectivity index (χ4v) is 1.57. The summed E-state index contributed by atoms with van der Waals surface area (Å²) >= 11 is 3.31. The van der Waals surface area contributed by atoms with Crippen molar-refractivity contribution in [2.75, 3.05) is 0 Å². The highest BCUT2D eigenvalue weighted by atomic mass is 79.9. The van der Waals surface area contributed by atoms with E-state index in [1.165, 1.54) is 25.0 Å². The number of hydrogen-bond acceptors (Lipinski definition) is 1. The lowest BCUT2D eigenvalue weighted by Crippen LogP contribution is -2.08. The van der Waals surface area contributed by atoms with Crippen LogP contribution in [0.3, 0.4) is 0 Å². The number of aromatic amines is 1. The Hall–Kier alpha value is -0.310. The maximum atomic E-state index is 4.01. The molecule has 1 N–H and O–H groups in total. The van der Waals surface area contributed by atoms with Gasteiger partial charge >= 0.3 is 0 Å². The summed E-state index contributed by atoms with van der Waals surface area (Å²) < 4.78 is 0.925. The van der Waals surface area contributed by atoms with Crippen molar-refractivity contribution in [2.24, 2.45) is 0 Å². The first-order valence-corrected chi connectivity index (χ1v) is 4.36. The number of H-pyrrole nitrogens is 1. The van der Waals surface area contributed by atoms with E-state index in [4.69, 9.17) is 0 Å². The molecule has 54 valence electrons. The summed E-state index contributed by atoms with van der Waals surface area (Å²) in [7, 11) is 0. The van der Waals surface area contributed by atoms with Crippen molar-refractivity contribution < 1.29 is 0 Å². The number of aromatic nitrogens is 2. The van der Waals surface area contributed by atoms with Gasteiger partial charge in [0.2, 0.25) is 0 Å². The van der Waals surface area contributed by atoms with Gasteiger partial charge in [0, 0.05) is 11.6 Å². The van der Waals surface area contributed by atoms with Gasteiger partial charge in [0.25, 0.3) is 0 Å². The number of halogens is 1. The van der Waals surface area contributed by atoms with Gasteiger partial charge in [0.05, 0.1) is 0 Å². The van der Waals surface area contributed by atoms with Crippen LogP contribution in [-0.2, 0) is 0 Å². The van der Waals surface area contributed by atoms with Crippen molar-refractivity contribution in [2.45, 2.75) is 25.2 Å². The highest BCUT2D eigenvalue weighted by Gasteiger charge is 2.20. The summed E-state index contributed by atoms with van der Waals surface area (Å²) in [6, 6.07) is 2.07. The van der Waals surface area contributed by atoms with Gasteiger partial charge in [-0.1, -0.05) is 6.42 Å². The standard InChI is InChI=1S/C7H9BrN2/c8-7-4-6(9-10-7)5-2-1-3-5/h4-5H,1-3H2,(H,9,10). The Morgan fingerprint density at radius 3 is 2.80 bits per heavy atom. The number of hydrogen-bond donors (Lipinski definition) is 1. The van der Waals surface area contributed by atoms with Crippen molar-refractivity contribution in [3.63, 3.8) is 0 Å². The Morgan fingerprint density at radius 2 is 2.40 bits per heavy atom. The van der Waals surface area contributed by atoms with E-state index in [-0.39, 0.29) is 0 Å². The molecule has 0 bridgehead atoms. The molecule has 1 aliphatic rings. The Labute approximate surface area is 68.2 Å². The van der Waals surface area contributed by atoms with Gasteiger partial charge in [0.1, 0.15) is 4.60 Å². The van der Waals surface area contributed by atoms with Gasteiger partial charge in [-0.3, -0.25) is 5.10 Å². The van der Waals surface area contributed by atoms with Crippen LogP contribution >= 0.6 is 15.9 Å². The lowest BCUT2D eigenvalue weighted by Gasteiger charge is -2.23. The third kappa shape index (κ3) is 0.985. The second-order valence-corrected chi connectivity index (χ2v) is 3.59. The Kier molecular flexibility index (Phi) is 1.52. The van der Waals surface area contributed by atoms with Crippen molar-refractivity contribution in [3.05, 3.63) is 16.4 Å². The fraction of sp³-hybridized carbons (Fsp3) is 0.571. The molecule has 2 nitrogen and oxygen atoms in total. The highest BCUT2D eigenvalue weighted by molar-refractivity contribution is 9.10. The van der Waals surface area contributed by atoms with Crippen LogP contribution in [0, 0.1) is 0 Å². The summed E-state index contributed by atoms with van der Waals surface area (Å²) in [6.45, 7) is 0. The average Bonchev–Trinajstić information content (AvgIpc) is 2.10. The van der Waals surface area contributed by atoms with Crippen molar-refractivity contribution >= 4 is 15.9 Å². The van der Waals surface area contributed by atoms with E-state index in [0.717, 1.165) is 10.5 Å². The monoisotopic (exact) mass is 200 g/mol. The van der Waals surface area contributed by atoms with E-state index >= 15 is 0 Å². The second-order valence-electron chi connectivity index (χ2n) is 2.77. The summed E-state index contributed by atoms with van der Waals surface area (Å²) in [4.78, 5) is 0. The Bertz CT molecular complexity index is 227. The topological polar surface area (TPSA) is 28.7 Å². The first kappa shape index (κ1) is 6.40. The lowest BCUT2D eigenvalue weighted by molar-refractivity contribution is 0.410. The van der Waals surface area contributed by atoms with Crippen LogP contribution < -0.4 is 0 Å².